The molecule has 1 saturated carbocycles. The van der Waals surface area contributed by atoms with Crippen molar-refractivity contribution in [1.29, 1.82) is 0 Å². The van der Waals surface area contributed by atoms with Gasteiger partial charge in [-0.3, -0.25) is 0 Å². The molecule has 2 rings (SSSR count). The van der Waals surface area contributed by atoms with Crippen LogP contribution < -0.4 is 10.6 Å². The van der Waals surface area contributed by atoms with Crippen LogP contribution in [0.15, 0.2) is 5.38 Å². The van der Waals surface area contributed by atoms with Crippen LogP contribution >= 0.6 is 11.3 Å². The van der Waals surface area contributed by atoms with Gasteiger partial charge in [-0.15, -0.1) is 11.3 Å². The van der Waals surface area contributed by atoms with Crippen molar-refractivity contribution in [2.45, 2.75) is 39.2 Å². The van der Waals surface area contributed by atoms with Crippen LogP contribution in [0.5, 0.6) is 0 Å². The number of nitrogens with zero attached hydrogens (tertiary/aromatic N) is 1. The van der Waals surface area contributed by atoms with Gasteiger partial charge in [-0.1, -0.05) is 6.92 Å². The highest BCUT2D eigenvalue weighted by Gasteiger charge is 2.42. The van der Waals surface area contributed by atoms with Gasteiger partial charge in [0.05, 0.1) is 23.4 Å². The third-order valence-corrected chi connectivity index (χ3v) is 4.59. The summed E-state index contributed by atoms with van der Waals surface area (Å²) in [6.45, 7) is 4.68. The summed E-state index contributed by atoms with van der Waals surface area (Å²) in [5.41, 5.74) is 0.844. The van der Waals surface area contributed by atoms with E-state index in [9.17, 15) is 9.90 Å². The molecule has 106 valence electrons. The molecule has 0 aliphatic heterocycles. The summed E-state index contributed by atoms with van der Waals surface area (Å²) in [4.78, 5) is 16.2. The molecular weight excluding hydrogens is 262 g/mol. The summed E-state index contributed by atoms with van der Waals surface area (Å²) in [5, 5.41) is 17.9. The Hall–Kier alpha value is -1.14. The Morgan fingerprint density at radius 2 is 2.37 bits per heavy atom. The highest BCUT2D eigenvalue weighted by atomic mass is 32.1. The number of thiazole rings is 1. The zero-order valence-electron chi connectivity index (χ0n) is 11.4. The Balaban J connectivity index is 1.78. The second kappa shape index (κ2) is 5.88. The molecule has 0 spiro atoms. The van der Waals surface area contributed by atoms with Gasteiger partial charge in [0.2, 0.25) is 0 Å². The number of aryl methyl sites for hydroxylation is 1. The average molecular weight is 283 g/mol. The summed E-state index contributed by atoms with van der Waals surface area (Å²) in [5.74, 6) is 0. The van der Waals surface area contributed by atoms with E-state index in [1.807, 2.05) is 12.3 Å². The zero-order chi connectivity index (χ0) is 13.9. The van der Waals surface area contributed by atoms with Gasteiger partial charge in [0, 0.05) is 17.3 Å². The number of rotatable bonds is 6. The van der Waals surface area contributed by atoms with E-state index < -0.39 is 0 Å². The van der Waals surface area contributed by atoms with E-state index >= 15 is 0 Å². The lowest BCUT2D eigenvalue weighted by Crippen LogP contribution is -2.40. The monoisotopic (exact) mass is 283 g/mol. The molecule has 0 bridgehead atoms. The molecule has 1 aromatic heterocycles. The fourth-order valence-electron chi connectivity index (χ4n) is 1.84. The molecule has 1 heterocycles. The van der Waals surface area contributed by atoms with E-state index in [2.05, 4.69) is 22.5 Å². The SMILES string of the molecule is CCc1nc(C(C)NC(=O)NCC2(CO)CC2)cs1. The molecule has 19 heavy (non-hydrogen) atoms. The van der Waals surface area contributed by atoms with E-state index in [4.69, 9.17) is 0 Å². The molecule has 6 heteroatoms. The van der Waals surface area contributed by atoms with Crippen molar-refractivity contribution in [2.24, 2.45) is 5.41 Å². The van der Waals surface area contributed by atoms with E-state index in [1.54, 1.807) is 11.3 Å². The van der Waals surface area contributed by atoms with Crippen molar-refractivity contribution >= 4 is 17.4 Å². The lowest BCUT2D eigenvalue weighted by molar-refractivity contribution is 0.202. The molecule has 0 saturated heterocycles. The number of amides is 2. The van der Waals surface area contributed by atoms with Crippen molar-refractivity contribution in [3.05, 3.63) is 16.1 Å². The van der Waals surface area contributed by atoms with Gasteiger partial charge in [-0.2, -0.15) is 0 Å². The maximum atomic E-state index is 11.8. The number of carbonyl (C=O) groups is 1. The minimum absolute atomic E-state index is 0.0589. The fraction of sp³-hybridized carbons (Fsp3) is 0.692. The molecule has 0 aromatic carbocycles. The Labute approximate surface area is 117 Å². The van der Waals surface area contributed by atoms with Crippen LogP contribution in [-0.4, -0.2) is 29.3 Å². The third-order valence-electron chi connectivity index (χ3n) is 3.58. The number of hydrogen-bond donors (Lipinski definition) is 3. The summed E-state index contributed by atoms with van der Waals surface area (Å²) >= 11 is 1.62. The molecule has 1 fully saturated rings. The van der Waals surface area contributed by atoms with Gasteiger partial charge < -0.3 is 15.7 Å². The van der Waals surface area contributed by atoms with Crippen molar-refractivity contribution in [3.63, 3.8) is 0 Å². The van der Waals surface area contributed by atoms with Gasteiger partial charge in [-0.25, -0.2) is 9.78 Å². The highest BCUT2D eigenvalue weighted by Crippen LogP contribution is 2.44. The molecule has 0 radical (unpaired) electrons. The van der Waals surface area contributed by atoms with Crippen molar-refractivity contribution in [3.8, 4) is 0 Å². The first-order valence-corrected chi connectivity index (χ1v) is 7.56. The van der Waals surface area contributed by atoms with Crippen LogP contribution in [0, 0.1) is 5.41 Å². The van der Waals surface area contributed by atoms with Crippen molar-refractivity contribution in [2.75, 3.05) is 13.2 Å². The van der Waals surface area contributed by atoms with Gasteiger partial charge >= 0.3 is 6.03 Å². The smallest absolute Gasteiger partial charge is 0.315 e. The van der Waals surface area contributed by atoms with Gasteiger partial charge in [0.25, 0.3) is 0 Å². The van der Waals surface area contributed by atoms with Crippen molar-refractivity contribution < 1.29 is 9.90 Å². The van der Waals surface area contributed by atoms with Crippen LogP contribution in [-0.2, 0) is 6.42 Å². The van der Waals surface area contributed by atoms with Crippen LogP contribution in [0.25, 0.3) is 0 Å². The van der Waals surface area contributed by atoms with E-state index in [1.165, 1.54) is 0 Å². The molecule has 1 aliphatic carbocycles. The predicted molar refractivity (Wildman–Crippen MR) is 75.2 cm³/mol. The second-order valence-electron chi connectivity index (χ2n) is 5.23. The van der Waals surface area contributed by atoms with Crippen LogP contribution in [0.4, 0.5) is 4.79 Å². The largest absolute Gasteiger partial charge is 0.396 e. The first kappa shape index (κ1) is 14.3. The number of aliphatic hydroxyl groups is 1. The zero-order valence-corrected chi connectivity index (χ0v) is 12.2. The van der Waals surface area contributed by atoms with Gasteiger partial charge in [0.1, 0.15) is 0 Å². The third kappa shape index (κ3) is 3.67. The lowest BCUT2D eigenvalue weighted by atomic mass is 10.1. The minimum atomic E-state index is -0.196. The van der Waals surface area contributed by atoms with Crippen molar-refractivity contribution in [1.82, 2.24) is 15.6 Å². The molecule has 3 N–H and O–H groups in total. The first-order valence-electron chi connectivity index (χ1n) is 6.68. The number of carbonyl (C=O) groups excluding carboxylic acids is 1. The standard InChI is InChI=1S/C13H21N3O2S/c1-3-11-16-10(6-19-11)9(2)15-12(18)14-7-13(8-17)4-5-13/h6,9,17H,3-5,7-8H2,1-2H3,(H2,14,15,18). The number of nitrogens with one attached hydrogen (secondary N) is 2. The summed E-state index contributed by atoms with van der Waals surface area (Å²) in [6, 6.07) is -0.292. The first-order chi connectivity index (χ1) is 9.08. The summed E-state index contributed by atoms with van der Waals surface area (Å²) in [7, 11) is 0. The van der Waals surface area contributed by atoms with E-state index in [-0.39, 0.29) is 24.1 Å². The summed E-state index contributed by atoms with van der Waals surface area (Å²) < 4.78 is 0. The second-order valence-corrected chi connectivity index (χ2v) is 6.17. The molecule has 1 aliphatic rings. The number of aromatic nitrogens is 1. The van der Waals surface area contributed by atoms with E-state index in [0.29, 0.717) is 6.54 Å². The average Bonchev–Trinajstić information content (AvgIpc) is 3.03. The molecule has 5 nitrogen and oxygen atoms in total. The van der Waals surface area contributed by atoms with Crippen LogP contribution in [0.2, 0.25) is 0 Å². The maximum absolute atomic E-state index is 11.8. The fourth-order valence-corrected chi connectivity index (χ4v) is 2.68. The molecular formula is C13H21N3O2S. The Morgan fingerprint density at radius 1 is 1.63 bits per heavy atom. The quantitative estimate of drug-likeness (QED) is 0.746. The molecule has 1 unspecified atom stereocenters. The maximum Gasteiger partial charge on any atom is 0.315 e. The van der Waals surface area contributed by atoms with Gasteiger partial charge in [0.15, 0.2) is 0 Å². The normalized spacial score (nSPS) is 17.8. The lowest BCUT2D eigenvalue weighted by Gasteiger charge is -2.16. The van der Waals surface area contributed by atoms with Crippen LogP contribution in [0.3, 0.4) is 0 Å². The van der Waals surface area contributed by atoms with E-state index in [0.717, 1.165) is 30.0 Å². The minimum Gasteiger partial charge on any atom is -0.396 e. The topological polar surface area (TPSA) is 74.2 Å². The number of aliphatic hydroxyl groups excluding tert-OH is 1. The van der Waals surface area contributed by atoms with Crippen LogP contribution in [0.1, 0.15) is 43.4 Å². The Bertz CT molecular complexity index is 443. The Kier molecular flexibility index (Phi) is 4.42. The van der Waals surface area contributed by atoms with Gasteiger partial charge in [-0.05, 0) is 26.2 Å². The molecule has 2 amide bonds. The molecule has 1 atom stereocenters. The predicted octanol–water partition coefficient (Wildman–Crippen LogP) is 1.84. The Morgan fingerprint density at radius 3 is 2.89 bits per heavy atom. The number of urea groups is 1. The number of hydrogen-bond acceptors (Lipinski definition) is 4. The summed E-state index contributed by atoms with van der Waals surface area (Å²) in [6.07, 6.45) is 2.90. The molecule has 1 aromatic rings. The highest BCUT2D eigenvalue weighted by molar-refractivity contribution is 7.09.